The molecule has 3 aromatic rings. The molecular formula is C33H48ClN5O3. The fourth-order valence-electron chi connectivity index (χ4n) is 5.34. The molecule has 8 nitrogen and oxygen atoms in total. The molecule has 2 aromatic carbocycles. The highest BCUT2D eigenvalue weighted by Gasteiger charge is 2.23. The monoisotopic (exact) mass is 597 g/mol. The molecule has 0 bridgehead atoms. The number of rotatable bonds is 16. The second-order valence-electron chi connectivity index (χ2n) is 11.6. The Bertz CT molecular complexity index is 1210. The van der Waals surface area contributed by atoms with Gasteiger partial charge < -0.3 is 20.5 Å². The number of hydrogen-bond donors (Lipinski definition) is 2. The Morgan fingerprint density at radius 3 is 2.31 bits per heavy atom. The molecule has 1 aliphatic rings. The molecule has 4 rings (SSSR count). The second kappa shape index (κ2) is 17.8. The van der Waals surface area contributed by atoms with Crippen LogP contribution in [0.5, 0.6) is 11.5 Å². The number of nitrogens with two attached hydrogens (primary N) is 1. The Morgan fingerprint density at radius 2 is 1.64 bits per heavy atom. The van der Waals surface area contributed by atoms with Crippen LogP contribution in [0.15, 0.2) is 54.7 Å². The van der Waals surface area contributed by atoms with E-state index in [1.165, 1.54) is 32.1 Å². The van der Waals surface area contributed by atoms with E-state index in [0.717, 1.165) is 48.4 Å². The summed E-state index contributed by atoms with van der Waals surface area (Å²) in [5.74, 6) is 2.74. The van der Waals surface area contributed by atoms with E-state index in [0.29, 0.717) is 37.1 Å². The maximum atomic E-state index is 13.2. The number of nitrogens with one attached hydrogen (secondary N) is 1. The van der Waals surface area contributed by atoms with Crippen molar-refractivity contribution in [3.8, 4) is 22.6 Å². The van der Waals surface area contributed by atoms with Crippen LogP contribution in [-0.4, -0.2) is 40.6 Å². The molecule has 1 atom stereocenters. The van der Waals surface area contributed by atoms with Gasteiger partial charge in [-0.2, -0.15) is 0 Å². The minimum Gasteiger partial charge on any atom is -0.493 e. The first-order valence-electron chi connectivity index (χ1n) is 15.4. The van der Waals surface area contributed by atoms with Crippen LogP contribution < -0.4 is 20.5 Å². The third-order valence-electron chi connectivity index (χ3n) is 7.79. The van der Waals surface area contributed by atoms with Gasteiger partial charge in [0.1, 0.15) is 29.8 Å². The zero-order valence-corrected chi connectivity index (χ0v) is 26.0. The molecule has 0 aliphatic heterocycles. The molecule has 1 amide bonds. The summed E-state index contributed by atoms with van der Waals surface area (Å²) in [6.45, 7) is 6.64. The Morgan fingerprint density at radius 1 is 0.976 bits per heavy atom. The quantitative estimate of drug-likeness (QED) is 0.177. The number of para-hydroxylation sites is 2. The fraction of sp³-hybridized carbons (Fsp3) is 0.545. The SMILES string of the molecule is CC(C)CCOc1ccccc1-c1ccccc1OCc1cn([C@H](CCCCN)C(=O)NCC2CCCCC2)nn1.Cl. The van der Waals surface area contributed by atoms with E-state index in [4.69, 9.17) is 15.2 Å². The lowest BCUT2D eigenvalue weighted by molar-refractivity contribution is -0.125. The summed E-state index contributed by atoms with van der Waals surface area (Å²) < 4.78 is 14.1. The molecule has 0 spiro atoms. The minimum atomic E-state index is -0.409. The van der Waals surface area contributed by atoms with Crippen LogP contribution in [-0.2, 0) is 11.4 Å². The summed E-state index contributed by atoms with van der Waals surface area (Å²) in [6.07, 6.45) is 11.4. The maximum absolute atomic E-state index is 13.2. The fourth-order valence-corrected chi connectivity index (χ4v) is 5.34. The van der Waals surface area contributed by atoms with Crippen LogP contribution in [0.1, 0.15) is 83.4 Å². The number of hydrogen-bond acceptors (Lipinski definition) is 6. The predicted molar refractivity (Wildman–Crippen MR) is 170 cm³/mol. The van der Waals surface area contributed by atoms with Crippen molar-refractivity contribution in [3.05, 3.63) is 60.4 Å². The lowest BCUT2D eigenvalue weighted by Gasteiger charge is -2.23. The number of nitrogens with zero attached hydrogens (tertiary/aromatic N) is 3. The molecule has 42 heavy (non-hydrogen) atoms. The van der Waals surface area contributed by atoms with E-state index in [2.05, 4.69) is 35.5 Å². The summed E-state index contributed by atoms with van der Waals surface area (Å²) in [7, 11) is 0. The van der Waals surface area contributed by atoms with E-state index in [1.54, 1.807) is 4.68 Å². The van der Waals surface area contributed by atoms with Gasteiger partial charge in [-0.25, -0.2) is 4.68 Å². The van der Waals surface area contributed by atoms with Gasteiger partial charge in [0, 0.05) is 17.7 Å². The lowest BCUT2D eigenvalue weighted by atomic mass is 9.89. The van der Waals surface area contributed by atoms with E-state index in [9.17, 15) is 4.79 Å². The molecule has 0 radical (unpaired) electrons. The average Bonchev–Trinajstić information content (AvgIpc) is 3.46. The topological polar surface area (TPSA) is 104 Å². The molecule has 1 aromatic heterocycles. The standard InChI is InChI=1S/C33H47N5O3.ClH/c1-25(2)19-21-40-31-17-8-6-14-28(31)29-15-7-9-18-32(29)41-24-27-23-38(37-36-27)30(16-10-11-20-34)33(39)35-22-26-12-4-3-5-13-26;/h6-9,14-15,17-18,23,25-26,30H,3-5,10-13,16,19-22,24,34H2,1-2H3,(H,35,39);1H/t30-;/m1./s1. The third-order valence-corrected chi connectivity index (χ3v) is 7.79. The van der Waals surface area contributed by atoms with E-state index in [-0.39, 0.29) is 24.9 Å². The number of aromatic nitrogens is 3. The smallest absolute Gasteiger partial charge is 0.244 e. The Kier molecular flexibility index (Phi) is 14.1. The van der Waals surface area contributed by atoms with Crippen LogP contribution in [0.25, 0.3) is 11.1 Å². The molecule has 3 N–H and O–H groups in total. The summed E-state index contributed by atoms with van der Waals surface area (Å²) >= 11 is 0. The Balaban J connectivity index is 0.00000484. The number of carbonyl (C=O) groups excluding carboxylic acids is 1. The highest BCUT2D eigenvalue weighted by atomic mass is 35.5. The van der Waals surface area contributed by atoms with E-state index >= 15 is 0 Å². The molecule has 9 heteroatoms. The second-order valence-corrected chi connectivity index (χ2v) is 11.6. The zero-order chi connectivity index (χ0) is 28.9. The van der Waals surface area contributed by atoms with Crippen molar-refractivity contribution in [2.75, 3.05) is 19.7 Å². The molecule has 0 saturated heterocycles. The van der Waals surface area contributed by atoms with Crippen molar-refractivity contribution < 1.29 is 14.3 Å². The molecular weight excluding hydrogens is 550 g/mol. The Hall–Kier alpha value is -3.10. The molecule has 230 valence electrons. The highest BCUT2D eigenvalue weighted by Crippen LogP contribution is 2.36. The van der Waals surface area contributed by atoms with Gasteiger partial charge in [0.25, 0.3) is 0 Å². The third kappa shape index (κ3) is 10.0. The van der Waals surface area contributed by atoms with E-state index < -0.39 is 6.04 Å². The van der Waals surface area contributed by atoms with Gasteiger partial charge >= 0.3 is 0 Å². The predicted octanol–water partition coefficient (Wildman–Crippen LogP) is 6.74. The molecule has 1 heterocycles. The number of carbonyl (C=O) groups is 1. The van der Waals surface area contributed by atoms with Crippen molar-refractivity contribution in [1.82, 2.24) is 20.3 Å². The first-order chi connectivity index (χ1) is 20.0. The van der Waals surface area contributed by atoms with Crippen molar-refractivity contribution >= 4 is 18.3 Å². The van der Waals surface area contributed by atoms with Crippen molar-refractivity contribution in [1.29, 1.82) is 0 Å². The highest BCUT2D eigenvalue weighted by molar-refractivity contribution is 5.85. The molecule has 0 unspecified atom stereocenters. The van der Waals surface area contributed by atoms with Crippen LogP contribution >= 0.6 is 12.4 Å². The first-order valence-corrected chi connectivity index (χ1v) is 15.4. The summed E-state index contributed by atoms with van der Waals surface area (Å²) in [5, 5.41) is 11.9. The average molecular weight is 598 g/mol. The lowest BCUT2D eigenvalue weighted by Crippen LogP contribution is -2.36. The van der Waals surface area contributed by atoms with Crippen LogP contribution in [0.2, 0.25) is 0 Å². The van der Waals surface area contributed by atoms with Crippen LogP contribution in [0.3, 0.4) is 0 Å². The molecule has 1 saturated carbocycles. The molecule has 1 aliphatic carbocycles. The Labute approximate surface area is 257 Å². The summed E-state index contributed by atoms with van der Waals surface area (Å²) in [4.78, 5) is 13.2. The normalized spacial score (nSPS) is 14.3. The van der Waals surface area contributed by atoms with Crippen molar-refractivity contribution in [2.24, 2.45) is 17.6 Å². The van der Waals surface area contributed by atoms with Gasteiger partial charge in [-0.05, 0) is 69.0 Å². The number of halogens is 1. The van der Waals surface area contributed by atoms with Crippen LogP contribution in [0, 0.1) is 11.8 Å². The van der Waals surface area contributed by atoms with Gasteiger partial charge in [0.15, 0.2) is 0 Å². The van der Waals surface area contributed by atoms with Crippen molar-refractivity contribution in [2.45, 2.75) is 84.3 Å². The minimum absolute atomic E-state index is 0. The number of benzene rings is 2. The maximum Gasteiger partial charge on any atom is 0.244 e. The zero-order valence-electron chi connectivity index (χ0n) is 25.2. The van der Waals surface area contributed by atoms with Gasteiger partial charge in [0.2, 0.25) is 5.91 Å². The van der Waals surface area contributed by atoms with Gasteiger partial charge in [-0.3, -0.25) is 4.79 Å². The van der Waals surface area contributed by atoms with Crippen LogP contribution in [0.4, 0.5) is 0 Å². The van der Waals surface area contributed by atoms with E-state index in [1.807, 2.05) is 48.7 Å². The summed E-state index contributed by atoms with van der Waals surface area (Å²) in [5.41, 5.74) is 8.35. The number of unbranched alkanes of at least 4 members (excludes halogenated alkanes) is 1. The molecule has 1 fully saturated rings. The summed E-state index contributed by atoms with van der Waals surface area (Å²) in [6, 6.07) is 15.6. The van der Waals surface area contributed by atoms with Gasteiger partial charge in [0.05, 0.1) is 12.8 Å². The largest absolute Gasteiger partial charge is 0.493 e. The first kappa shape index (κ1) is 33.4. The number of ether oxygens (including phenoxy) is 2. The van der Waals surface area contributed by atoms with Gasteiger partial charge in [-0.1, -0.05) is 74.7 Å². The van der Waals surface area contributed by atoms with Crippen molar-refractivity contribution in [3.63, 3.8) is 0 Å². The number of amides is 1. The van der Waals surface area contributed by atoms with Gasteiger partial charge in [-0.15, -0.1) is 17.5 Å².